The van der Waals surface area contributed by atoms with Crippen LogP contribution in [0.15, 0.2) is 24.3 Å². The molecular weight excluding hydrogens is 152 g/mol. The van der Waals surface area contributed by atoms with Gasteiger partial charge in [0.1, 0.15) is 0 Å². The maximum absolute atomic E-state index is 11.3. The van der Waals surface area contributed by atoms with Crippen molar-refractivity contribution in [1.29, 1.82) is 0 Å². The van der Waals surface area contributed by atoms with Crippen LogP contribution in [0.5, 0.6) is 0 Å². The Balaban J connectivity index is 2.54. The molecule has 0 amide bonds. The molecule has 1 radical (unpaired) electrons. The third kappa shape index (κ3) is 2.47. The van der Waals surface area contributed by atoms with Crippen LogP contribution in [0.2, 0.25) is 0 Å². The number of ketones is 1. The van der Waals surface area contributed by atoms with Crippen molar-refractivity contribution in [2.24, 2.45) is 0 Å². The van der Waals surface area contributed by atoms with Crippen molar-refractivity contribution in [1.82, 2.24) is 0 Å². The Morgan fingerprint density at radius 3 is 3.08 bits per heavy atom. The first-order valence-electron chi connectivity index (χ1n) is 3.83. The number of carbonyl (C=O) groups is 1. The highest BCUT2D eigenvalue weighted by atomic mass is 16.5. The average Bonchev–Trinajstić information content (AvgIpc) is 2.15. The molecule has 0 aliphatic heterocycles. The molecule has 2 heteroatoms. The van der Waals surface area contributed by atoms with Crippen LogP contribution in [0.25, 0.3) is 0 Å². The maximum atomic E-state index is 11.3. The normalized spacial score (nSPS) is 9.75. The highest BCUT2D eigenvalue weighted by Crippen LogP contribution is 2.01. The van der Waals surface area contributed by atoms with Crippen molar-refractivity contribution in [3.63, 3.8) is 0 Å². The Labute approximate surface area is 72.2 Å². The van der Waals surface area contributed by atoms with E-state index in [2.05, 4.69) is 6.07 Å². The number of Topliss-reactive ketones (excluding diaryl/α,β-unsaturated/α-hetero) is 1. The van der Waals surface area contributed by atoms with E-state index in [9.17, 15) is 4.79 Å². The van der Waals surface area contributed by atoms with E-state index < -0.39 is 0 Å². The highest BCUT2D eigenvalue weighted by Gasteiger charge is 2.02. The van der Waals surface area contributed by atoms with E-state index in [1.165, 1.54) is 0 Å². The van der Waals surface area contributed by atoms with Crippen molar-refractivity contribution in [3.8, 4) is 0 Å². The summed E-state index contributed by atoms with van der Waals surface area (Å²) in [6.07, 6.45) is 0.439. The van der Waals surface area contributed by atoms with Gasteiger partial charge in [-0.15, -0.1) is 0 Å². The third-order valence-corrected chi connectivity index (χ3v) is 1.56. The Kier molecular flexibility index (Phi) is 3.48. The van der Waals surface area contributed by atoms with Gasteiger partial charge >= 0.3 is 0 Å². The summed E-state index contributed by atoms with van der Waals surface area (Å²) in [7, 11) is 1.59. The summed E-state index contributed by atoms with van der Waals surface area (Å²) in [5, 5.41) is 0. The summed E-state index contributed by atoms with van der Waals surface area (Å²) >= 11 is 0. The van der Waals surface area contributed by atoms with E-state index in [0.717, 1.165) is 0 Å². The molecular formula is C10H11O2. The Morgan fingerprint density at radius 2 is 2.50 bits per heavy atom. The zero-order chi connectivity index (χ0) is 8.81. The second-order valence-electron chi connectivity index (χ2n) is 2.46. The summed E-state index contributed by atoms with van der Waals surface area (Å²) < 4.78 is 4.80. The molecule has 0 unspecified atom stereocenters. The zero-order valence-electron chi connectivity index (χ0n) is 7.04. The molecule has 0 aromatic heterocycles. The molecule has 0 saturated carbocycles. The van der Waals surface area contributed by atoms with Gasteiger partial charge in [-0.1, -0.05) is 18.2 Å². The molecule has 1 aromatic carbocycles. The first-order valence-corrected chi connectivity index (χ1v) is 3.83. The average molecular weight is 163 g/mol. The van der Waals surface area contributed by atoms with E-state index in [4.69, 9.17) is 4.74 Å². The number of ether oxygens (including phenoxy) is 1. The number of carbonyl (C=O) groups excluding carboxylic acids is 1. The molecule has 2 nitrogen and oxygen atoms in total. The smallest absolute Gasteiger partial charge is 0.165 e. The fourth-order valence-electron chi connectivity index (χ4n) is 0.906. The summed E-state index contributed by atoms with van der Waals surface area (Å²) in [6.45, 7) is 0.480. The van der Waals surface area contributed by atoms with Gasteiger partial charge in [0.2, 0.25) is 0 Å². The van der Waals surface area contributed by atoms with Crippen LogP contribution >= 0.6 is 0 Å². The predicted molar refractivity (Wildman–Crippen MR) is 46.1 cm³/mol. The van der Waals surface area contributed by atoms with E-state index in [0.29, 0.717) is 18.6 Å². The van der Waals surface area contributed by atoms with Crippen molar-refractivity contribution < 1.29 is 9.53 Å². The molecule has 0 bridgehead atoms. The SMILES string of the molecule is COCCC(=O)c1c[c]ccc1. The fraction of sp³-hybridized carbons (Fsp3) is 0.300. The lowest BCUT2D eigenvalue weighted by atomic mass is 10.1. The van der Waals surface area contributed by atoms with Gasteiger partial charge in [-0.2, -0.15) is 0 Å². The molecule has 0 saturated heterocycles. The van der Waals surface area contributed by atoms with Gasteiger partial charge in [0, 0.05) is 19.1 Å². The van der Waals surface area contributed by atoms with Crippen molar-refractivity contribution in [2.75, 3.05) is 13.7 Å². The van der Waals surface area contributed by atoms with Crippen molar-refractivity contribution in [3.05, 3.63) is 35.9 Å². The van der Waals surface area contributed by atoms with Crippen LogP contribution in [0.4, 0.5) is 0 Å². The standard InChI is InChI=1S/C10H11O2/c1-12-8-7-10(11)9-5-3-2-4-6-9/h2-3,5-6H,7-8H2,1H3. The Hall–Kier alpha value is -1.15. The van der Waals surface area contributed by atoms with Crippen LogP contribution in [-0.4, -0.2) is 19.5 Å². The molecule has 12 heavy (non-hydrogen) atoms. The van der Waals surface area contributed by atoms with Gasteiger partial charge < -0.3 is 4.74 Å². The number of methoxy groups -OCH3 is 1. The van der Waals surface area contributed by atoms with Gasteiger partial charge in [-0.05, 0) is 12.1 Å². The quantitative estimate of drug-likeness (QED) is 0.631. The summed E-state index contributed by atoms with van der Waals surface area (Å²) in [6, 6.07) is 9.91. The van der Waals surface area contributed by atoms with Crippen LogP contribution in [0.1, 0.15) is 16.8 Å². The minimum Gasteiger partial charge on any atom is -0.384 e. The predicted octanol–water partition coefficient (Wildman–Crippen LogP) is 1.71. The minimum absolute atomic E-state index is 0.105. The largest absolute Gasteiger partial charge is 0.384 e. The Morgan fingerprint density at radius 1 is 1.67 bits per heavy atom. The summed E-state index contributed by atoms with van der Waals surface area (Å²) in [5.41, 5.74) is 0.703. The number of rotatable bonds is 4. The molecule has 1 rings (SSSR count). The molecule has 63 valence electrons. The van der Waals surface area contributed by atoms with Crippen LogP contribution in [0, 0.1) is 6.07 Å². The zero-order valence-corrected chi connectivity index (χ0v) is 7.04. The molecule has 0 heterocycles. The van der Waals surface area contributed by atoms with E-state index in [-0.39, 0.29) is 5.78 Å². The molecule has 0 aliphatic carbocycles. The second kappa shape index (κ2) is 4.67. The van der Waals surface area contributed by atoms with Crippen LogP contribution < -0.4 is 0 Å². The third-order valence-electron chi connectivity index (χ3n) is 1.56. The second-order valence-corrected chi connectivity index (χ2v) is 2.46. The van der Waals surface area contributed by atoms with Crippen molar-refractivity contribution in [2.45, 2.75) is 6.42 Å². The number of benzene rings is 1. The summed E-state index contributed by atoms with van der Waals surface area (Å²) in [4.78, 5) is 11.3. The van der Waals surface area contributed by atoms with Gasteiger partial charge in [0.25, 0.3) is 0 Å². The summed E-state index contributed by atoms with van der Waals surface area (Å²) in [5.74, 6) is 0.105. The molecule has 0 spiro atoms. The topological polar surface area (TPSA) is 26.3 Å². The van der Waals surface area contributed by atoms with Crippen molar-refractivity contribution >= 4 is 5.78 Å². The van der Waals surface area contributed by atoms with Gasteiger partial charge in [0.15, 0.2) is 5.78 Å². The molecule has 0 atom stereocenters. The molecule has 0 aliphatic rings. The lowest BCUT2D eigenvalue weighted by Crippen LogP contribution is -2.02. The molecule has 1 aromatic rings. The fourth-order valence-corrected chi connectivity index (χ4v) is 0.906. The Bertz CT molecular complexity index is 241. The van der Waals surface area contributed by atoms with Crippen LogP contribution in [0.3, 0.4) is 0 Å². The van der Waals surface area contributed by atoms with Gasteiger partial charge in [-0.3, -0.25) is 4.79 Å². The highest BCUT2D eigenvalue weighted by molar-refractivity contribution is 5.95. The minimum atomic E-state index is 0.105. The number of hydrogen-bond acceptors (Lipinski definition) is 2. The lowest BCUT2D eigenvalue weighted by Gasteiger charge is -1.98. The molecule has 0 fully saturated rings. The van der Waals surface area contributed by atoms with Gasteiger partial charge in [0.05, 0.1) is 6.61 Å². The molecule has 0 N–H and O–H groups in total. The van der Waals surface area contributed by atoms with Crippen LogP contribution in [-0.2, 0) is 4.74 Å². The monoisotopic (exact) mass is 163 g/mol. The maximum Gasteiger partial charge on any atom is 0.165 e. The van der Waals surface area contributed by atoms with E-state index in [1.807, 2.05) is 0 Å². The number of hydrogen-bond donors (Lipinski definition) is 0. The van der Waals surface area contributed by atoms with Gasteiger partial charge in [-0.25, -0.2) is 0 Å². The lowest BCUT2D eigenvalue weighted by molar-refractivity contribution is 0.0932. The first kappa shape index (κ1) is 8.94. The van der Waals surface area contributed by atoms with E-state index >= 15 is 0 Å². The van der Waals surface area contributed by atoms with E-state index in [1.54, 1.807) is 31.4 Å². The first-order chi connectivity index (χ1) is 5.84.